The fourth-order valence-corrected chi connectivity index (χ4v) is 3.61. The Hall–Kier alpha value is -2.55. The Morgan fingerprint density at radius 3 is 2.55 bits per heavy atom. The summed E-state index contributed by atoms with van der Waals surface area (Å²) in [5, 5.41) is 7.30. The van der Waals surface area contributed by atoms with Crippen molar-refractivity contribution in [1.82, 2.24) is 10.7 Å². The van der Waals surface area contributed by atoms with E-state index in [4.69, 9.17) is 32.7 Å². The molecule has 0 aromatic heterocycles. The summed E-state index contributed by atoms with van der Waals surface area (Å²) >= 11 is 15.3. The number of nitrogens with zero attached hydrogens (tertiary/aromatic N) is 1. The predicted octanol–water partition coefficient (Wildman–Crippen LogP) is 5.23. The second-order valence-corrected chi connectivity index (χ2v) is 8.86. The standard InChI is InChI=1S/C23H24BrCl2N3O4/c1-5-8-33-21-16(24)9-14(10-19(21)32-4)12-27-29-23(31)20(13(2)3)28-22(30)15-6-7-17(25)18(26)11-15/h5-7,9-13,20H,1,8H2,2-4H3,(H,28,30)(H,29,31)/b27-12+. The van der Waals surface area contributed by atoms with Crippen LogP contribution in [0.2, 0.25) is 10.0 Å². The molecule has 0 fully saturated rings. The maximum Gasteiger partial charge on any atom is 0.262 e. The van der Waals surface area contributed by atoms with Gasteiger partial charge in [-0.05, 0) is 57.7 Å². The molecule has 2 amide bonds. The van der Waals surface area contributed by atoms with E-state index in [-0.39, 0.29) is 10.9 Å². The second-order valence-electron chi connectivity index (χ2n) is 7.19. The molecule has 0 heterocycles. The van der Waals surface area contributed by atoms with Gasteiger partial charge in [0.15, 0.2) is 11.5 Å². The summed E-state index contributed by atoms with van der Waals surface area (Å²) in [6.07, 6.45) is 3.09. The molecule has 0 aliphatic rings. The molecule has 0 radical (unpaired) electrons. The average Bonchev–Trinajstić information content (AvgIpc) is 2.77. The first kappa shape index (κ1) is 26.7. The highest BCUT2D eigenvalue weighted by Crippen LogP contribution is 2.36. The zero-order chi connectivity index (χ0) is 24.5. The second kappa shape index (κ2) is 12.6. The van der Waals surface area contributed by atoms with Crippen molar-refractivity contribution >= 4 is 57.2 Å². The van der Waals surface area contributed by atoms with Crippen LogP contribution in [0.3, 0.4) is 0 Å². The van der Waals surface area contributed by atoms with Gasteiger partial charge in [0.1, 0.15) is 12.6 Å². The number of hydrazone groups is 1. The minimum absolute atomic E-state index is 0.192. The van der Waals surface area contributed by atoms with E-state index in [1.54, 1.807) is 18.2 Å². The van der Waals surface area contributed by atoms with E-state index in [1.165, 1.54) is 31.5 Å². The maximum atomic E-state index is 12.7. The molecular weight excluding hydrogens is 533 g/mol. The first-order valence-electron chi connectivity index (χ1n) is 9.88. The molecule has 2 aromatic carbocycles. The third kappa shape index (κ3) is 7.48. The highest BCUT2D eigenvalue weighted by Gasteiger charge is 2.24. The summed E-state index contributed by atoms with van der Waals surface area (Å²) < 4.78 is 11.6. The molecule has 176 valence electrons. The van der Waals surface area contributed by atoms with Gasteiger partial charge in [-0.15, -0.1) is 0 Å². The summed E-state index contributed by atoms with van der Waals surface area (Å²) in [6, 6.07) is 7.16. The topological polar surface area (TPSA) is 89.0 Å². The summed E-state index contributed by atoms with van der Waals surface area (Å²) in [7, 11) is 1.52. The number of nitrogens with one attached hydrogen (secondary N) is 2. The van der Waals surface area contributed by atoms with E-state index in [2.05, 4.69) is 38.4 Å². The van der Waals surface area contributed by atoms with Crippen LogP contribution < -0.4 is 20.2 Å². The minimum atomic E-state index is -0.819. The van der Waals surface area contributed by atoms with Crippen LogP contribution >= 0.6 is 39.1 Å². The fourth-order valence-electron chi connectivity index (χ4n) is 2.73. The van der Waals surface area contributed by atoms with Gasteiger partial charge < -0.3 is 14.8 Å². The Morgan fingerprint density at radius 2 is 1.94 bits per heavy atom. The van der Waals surface area contributed by atoms with E-state index < -0.39 is 17.9 Å². The van der Waals surface area contributed by atoms with E-state index in [0.717, 1.165) is 0 Å². The Kier molecular flexibility index (Phi) is 10.2. The highest BCUT2D eigenvalue weighted by molar-refractivity contribution is 9.10. The van der Waals surface area contributed by atoms with E-state index in [0.29, 0.717) is 38.7 Å². The monoisotopic (exact) mass is 555 g/mol. The summed E-state index contributed by atoms with van der Waals surface area (Å²) in [6.45, 7) is 7.57. The molecule has 0 aliphatic carbocycles. The number of halogens is 3. The van der Waals surface area contributed by atoms with E-state index >= 15 is 0 Å². The number of ether oxygens (including phenoxy) is 2. The lowest BCUT2D eigenvalue weighted by atomic mass is 10.0. The van der Waals surface area contributed by atoms with Crippen molar-refractivity contribution in [3.05, 3.63) is 68.6 Å². The predicted molar refractivity (Wildman–Crippen MR) is 135 cm³/mol. The van der Waals surface area contributed by atoms with Gasteiger partial charge >= 0.3 is 0 Å². The van der Waals surface area contributed by atoms with E-state index in [9.17, 15) is 9.59 Å². The number of benzene rings is 2. The molecular formula is C23H24BrCl2N3O4. The minimum Gasteiger partial charge on any atom is -0.493 e. The van der Waals surface area contributed by atoms with Crippen LogP contribution in [0.1, 0.15) is 29.8 Å². The van der Waals surface area contributed by atoms with Crippen LogP contribution in [0, 0.1) is 5.92 Å². The Labute approximate surface area is 211 Å². The molecule has 7 nitrogen and oxygen atoms in total. The number of rotatable bonds is 10. The lowest BCUT2D eigenvalue weighted by Crippen LogP contribution is -2.48. The molecule has 1 unspecified atom stereocenters. The molecule has 2 rings (SSSR count). The summed E-state index contributed by atoms with van der Waals surface area (Å²) in [5.41, 5.74) is 3.42. The SMILES string of the molecule is C=CCOc1c(Br)cc(/C=N/NC(=O)C(NC(=O)c2ccc(Cl)c(Cl)c2)C(C)C)cc1OC. The quantitative estimate of drug-likeness (QED) is 0.238. The zero-order valence-electron chi connectivity index (χ0n) is 18.3. The smallest absolute Gasteiger partial charge is 0.262 e. The summed E-state index contributed by atoms with van der Waals surface area (Å²) in [5.74, 6) is -0.0827. The van der Waals surface area contributed by atoms with Crippen LogP contribution in [0.25, 0.3) is 0 Å². The molecule has 0 aliphatic heterocycles. The van der Waals surface area contributed by atoms with Crippen molar-refractivity contribution in [1.29, 1.82) is 0 Å². The van der Waals surface area contributed by atoms with Gasteiger partial charge in [0.2, 0.25) is 0 Å². The van der Waals surface area contributed by atoms with Gasteiger partial charge in [-0.25, -0.2) is 5.43 Å². The summed E-state index contributed by atoms with van der Waals surface area (Å²) in [4.78, 5) is 25.2. The van der Waals surface area contributed by atoms with Crippen molar-refractivity contribution in [2.75, 3.05) is 13.7 Å². The van der Waals surface area contributed by atoms with Crippen molar-refractivity contribution in [3.8, 4) is 11.5 Å². The van der Waals surface area contributed by atoms with Gasteiger partial charge in [-0.2, -0.15) is 5.10 Å². The van der Waals surface area contributed by atoms with Crippen LogP contribution in [-0.4, -0.2) is 37.8 Å². The number of amides is 2. The number of carbonyl (C=O) groups is 2. The first-order valence-corrected chi connectivity index (χ1v) is 11.4. The molecule has 0 bridgehead atoms. The number of carbonyl (C=O) groups excluding carboxylic acids is 2. The molecule has 2 N–H and O–H groups in total. The van der Waals surface area contributed by atoms with E-state index in [1.807, 2.05) is 13.8 Å². The number of hydrogen-bond donors (Lipinski definition) is 2. The van der Waals surface area contributed by atoms with Gasteiger partial charge in [-0.3, -0.25) is 9.59 Å². The van der Waals surface area contributed by atoms with Crippen molar-refractivity contribution in [2.45, 2.75) is 19.9 Å². The van der Waals surface area contributed by atoms with Crippen molar-refractivity contribution in [3.63, 3.8) is 0 Å². The lowest BCUT2D eigenvalue weighted by Gasteiger charge is -2.20. The normalized spacial score (nSPS) is 11.8. The fraction of sp³-hybridized carbons (Fsp3) is 0.261. The highest BCUT2D eigenvalue weighted by atomic mass is 79.9. The lowest BCUT2D eigenvalue weighted by molar-refractivity contribution is -0.123. The average molecular weight is 557 g/mol. The van der Waals surface area contributed by atoms with Gasteiger partial charge in [-0.1, -0.05) is 49.7 Å². The molecule has 33 heavy (non-hydrogen) atoms. The molecule has 0 saturated carbocycles. The Morgan fingerprint density at radius 1 is 1.21 bits per heavy atom. The molecule has 0 spiro atoms. The third-order valence-corrected chi connectivity index (χ3v) is 5.73. The largest absolute Gasteiger partial charge is 0.493 e. The Bertz CT molecular complexity index is 1060. The van der Waals surface area contributed by atoms with Crippen LogP contribution in [0.15, 0.2) is 52.6 Å². The van der Waals surface area contributed by atoms with Crippen LogP contribution in [-0.2, 0) is 4.79 Å². The van der Waals surface area contributed by atoms with Crippen molar-refractivity contribution in [2.24, 2.45) is 11.0 Å². The molecule has 2 aromatic rings. The number of methoxy groups -OCH3 is 1. The zero-order valence-corrected chi connectivity index (χ0v) is 21.4. The van der Waals surface area contributed by atoms with Gasteiger partial charge in [0.05, 0.1) is 27.8 Å². The molecule has 10 heteroatoms. The number of hydrogen-bond acceptors (Lipinski definition) is 5. The van der Waals surface area contributed by atoms with Crippen LogP contribution in [0.4, 0.5) is 0 Å². The molecule has 0 saturated heterocycles. The third-order valence-electron chi connectivity index (χ3n) is 4.40. The first-order chi connectivity index (χ1) is 15.7. The van der Waals surface area contributed by atoms with Gasteiger partial charge in [0, 0.05) is 5.56 Å². The Balaban J connectivity index is 2.10. The van der Waals surface area contributed by atoms with Gasteiger partial charge in [0.25, 0.3) is 11.8 Å². The van der Waals surface area contributed by atoms with Crippen molar-refractivity contribution < 1.29 is 19.1 Å². The maximum absolute atomic E-state index is 12.7. The molecule has 1 atom stereocenters. The van der Waals surface area contributed by atoms with Crippen LogP contribution in [0.5, 0.6) is 11.5 Å².